The van der Waals surface area contributed by atoms with Crippen LogP contribution in [-0.2, 0) is 0 Å². The van der Waals surface area contributed by atoms with Crippen LogP contribution in [0.15, 0.2) is 6.33 Å². The molecule has 0 amide bonds. The van der Waals surface area contributed by atoms with E-state index in [0.29, 0.717) is 23.4 Å². The molecule has 1 aromatic rings. The lowest BCUT2D eigenvalue weighted by Gasteiger charge is -2.22. The van der Waals surface area contributed by atoms with Gasteiger partial charge in [-0.15, -0.1) is 0 Å². The van der Waals surface area contributed by atoms with Crippen molar-refractivity contribution in [3.05, 3.63) is 6.33 Å². The average molecular weight is 265 g/mol. The van der Waals surface area contributed by atoms with Gasteiger partial charge in [-0.3, -0.25) is 0 Å². The molecule has 7 heteroatoms. The monoisotopic (exact) mass is 265 g/mol. The van der Waals surface area contributed by atoms with E-state index >= 15 is 0 Å². The summed E-state index contributed by atoms with van der Waals surface area (Å²) in [5, 5.41) is 9.97. The summed E-state index contributed by atoms with van der Waals surface area (Å²) in [5.74, 6) is 8.09. The SMILES string of the molecule is COc1c(NN)ncnc1N1CC2CCC(O)C2C1. The molecule has 1 saturated heterocycles. The zero-order valence-corrected chi connectivity index (χ0v) is 10.9. The fourth-order valence-electron chi connectivity index (χ4n) is 3.29. The molecule has 3 unspecified atom stereocenters. The fourth-order valence-corrected chi connectivity index (χ4v) is 3.29. The minimum atomic E-state index is -0.185. The number of aromatic nitrogens is 2. The Balaban J connectivity index is 1.88. The summed E-state index contributed by atoms with van der Waals surface area (Å²) in [4.78, 5) is 10.5. The van der Waals surface area contributed by atoms with E-state index in [0.717, 1.165) is 31.7 Å². The lowest BCUT2D eigenvalue weighted by atomic mass is 10.00. The van der Waals surface area contributed by atoms with Crippen molar-refractivity contribution in [2.45, 2.75) is 18.9 Å². The highest BCUT2D eigenvalue weighted by atomic mass is 16.5. The summed E-state index contributed by atoms with van der Waals surface area (Å²) in [6, 6.07) is 0. The Morgan fingerprint density at radius 3 is 2.95 bits per heavy atom. The summed E-state index contributed by atoms with van der Waals surface area (Å²) >= 11 is 0. The molecule has 0 aromatic carbocycles. The molecule has 104 valence electrons. The van der Waals surface area contributed by atoms with Crippen molar-refractivity contribution in [1.29, 1.82) is 0 Å². The van der Waals surface area contributed by atoms with Crippen LogP contribution in [0, 0.1) is 11.8 Å². The zero-order chi connectivity index (χ0) is 13.4. The lowest BCUT2D eigenvalue weighted by molar-refractivity contribution is 0.133. The predicted octanol–water partition coefficient (Wildman–Crippen LogP) is -0.0221. The van der Waals surface area contributed by atoms with Crippen molar-refractivity contribution < 1.29 is 9.84 Å². The summed E-state index contributed by atoms with van der Waals surface area (Å²) in [5.41, 5.74) is 2.52. The number of anilines is 2. The van der Waals surface area contributed by atoms with Gasteiger partial charge in [-0.05, 0) is 18.8 Å². The van der Waals surface area contributed by atoms with Gasteiger partial charge in [0.25, 0.3) is 0 Å². The van der Waals surface area contributed by atoms with E-state index in [9.17, 15) is 5.11 Å². The standard InChI is InChI=1S/C12H19N5O2/c1-19-10-11(16-13)14-6-15-12(10)17-4-7-2-3-9(18)8(7)5-17/h6-9,18H,2-5,13H2,1H3,(H,14,15,16). The molecule has 1 aliphatic carbocycles. The largest absolute Gasteiger partial charge is 0.490 e. The highest BCUT2D eigenvalue weighted by Crippen LogP contribution is 2.42. The molecule has 4 N–H and O–H groups in total. The van der Waals surface area contributed by atoms with Gasteiger partial charge in [0.15, 0.2) is 11.6 Å². The predicted molar refractivity (Wildman–Crippen MR) is 70.8 cm³/mol. The Hall–Kier alpha value is -1.60. The molecule has 0 spiro atoms. The number of methoxy groups -OCH3 is 1. The van der Waals surface area contributed by atoms with Gasteiger partial charge in [-0.1, -0.05) is 0 Å². The maximum Gasteiger partial charge on any atom is 0.205 e. The number of nitrogens with zero attached hydrogens (tertiary/aromatic N) is 3. The third-order valence-electron chi connectivity index (χ3n) is 4.24. The van der Waals surface area contributed by atoms with Gasteiger partial charge < -0.3 is 20.2 Å². The van der Waals surface area contributed by atoms with Gasteiger partial charge in [0.05, 0.1) is 13.2 Å². The molecule has 0 bridgehead atoms. The number of rotatable bonds is 3. The van der Waals surface area contributed by atoms with Crippen molar-refractivity contribution in [1.82, 2.24) is 9.97 Å². The van der Waals surface area contributed by atoms with Gasteiger partial charge in [0.2, 0.25) is 5.75 Å². The normalized spacial score (nSPS) is 29.4. The Kier molecular flexibility index (Phi) is 3.16. The number of nitrogens with two attached hydrogens (primary N) is 1. The van der Waals surface area contributed by atoms with Crippen LogP contribution >= 0.6 is 0 Å². The van der Waals surface area contributed by atoms with E-state index in [1.54, 1.807) is 7.11 Å². The Morgan fingerprint density at radius 2 is 2.26 bits per heavy atom. The third-order valence-corrected chi connectivity index (χ3v) is 4.24. The maximum absolute atomic E-state index is 9.97. The fraction of sp³-hybridized carbons (Fsp3) is 0.667. The van der Waals surface area contributed by atoms with Gasteiger partial charge in [-0.25, -0.2) is 15.8 Å². The lowest BCUT2D eigenvalue weighted by Crippen LogP contribution is -2.26. The summed E-state index contributed by atoms with van der Waals surface area (Å²) in [6.07, 6.45) is 3.28. The highest BCUT2D eigenvalue weighted by Gasteiger charge is 2.43. The van der Waals surface area contributed by atoms with Crippen LogP contribution in [0.1, 0.15) is 12.8 Å². The van der Waals surface area contributed by atoms with Crippen molar-refractivity contribution in [3.63, 3.8) is 0 Å². The molecule has 3 atom stereocenters. The van der Waals surface area contributed by atoms with Gasteiger partial charge in [0.1, 0.15) is 6.33 Å². The molecule has 1 aliphatic heterocycles. The van der Waals surface area contributed by atoms with E-state index in [-0.39, 0.29) is 6.10 Å². The Labute approximate surface area is 111 Å². The second-order valence-electron chi connectivity index (χ2n) is 5.20. The van der Waals surface area contributed by atoms with Gasteiger partial charge in [0, 0.05) is 19.0 Å². The van der Waals surface area contributed by atoms with Crippen LogP contribution in [-0.4, -0.2) is 41.4 Å². The van der Waals surface area contributed by atoms with E-state index in [1.165, 1.54) is 6.33 Å². The first-order valence-corrected chi connectivity index (χ1v) is 6.53. The third kappa shape index (κ3) is 1.98. The van der Waals surface area contributed by atoms with E-state index in [2.05, 4.69) is 20.3 Å². The molecule has 7 nitrogen and oxygen atoms in total. The molecule has 1 saturated carbocycles. The molecule has 0 radical (unpaired) electrons. The maximum atomic E-state index is 9.97. The van der Waals surface area contributed by atoms with Crippen LogP contribution in [0.4, 0.5) is 11.6 Å². The zero-order valence-electron chi connectivity index (χ0n) is 10.9. The molecule has 3 rings (SSSR count). The van der Waals surface area contributed by atoms with Crippen LogP contribution in [0.25, 0.3) is 0 Å². The minimum Gasteiger partial charge on any atom is -0.490 e. The number of hydrogen-bond donors (Lipinski definition) is 3. The first-order chi connectivity index (χ1) is 9.24. The minimum absolute atomic E-state index is 0.185. The van der Waals surface area contributed by atoms with E-state index in [4.69, 9.17) is 10.6 Å². The molecular weight excluding hydrogens is 246 g/mol. The van der Waals surface area contributed by atoms with Gasteiger partial charge >= 0.3 is 0 Å². The summed E-state index contributed by atoms with van der Waals surface area (Å²) in [6.45, 7) is 1.71. The van der Waals surface area contributed by atoms with Crippen LogP contribution < -0.4 is 20.9 Å². The second kappa shape index (κ2) is 4.82. The quantitative estimate of drug-likeness (QED) is 0.522. The molecule has 2 fully saturated rings. The highest BCUT2D eigenvalue weighted by molar-refractivity contribution is 5.64. The number of hydrazine groups is 1. The smallest absolute Gasteiger partial charge is 0.205 e. The number of ether oxygens (including phenoxy) is 1. The molecular formula is C12H19N5O2. The van der Waals surface area contributed by atoms with Crippen molar-refractivity contribution in [3.8, 4) is 5.75 Å². The Morgan fingerprint density at radius 1 is 1.42 bits per heavy atom. The van der Waals surface area contributed by atoms with Crippen molar-refractivity contribution in [2.75, 3.05) is 30.5 Å². The number of aliphatic hydroxyl groups excluding tert-OH is 1. The number of nitrogens with one attached hydrogen (secondary N) is 1. The molecule has 2 aliphatic rings. The molecule has 1 aromatic heterocycles. The van der Waals surface area contributed by atoms with Crippen LogP contribution in [0.3, 0.4) is 0 Å². The van der Waals surface area contributed by atoms with Crippen LogP contribution in [0.5, 0.6) is 5.75 Å². The number of nitrogen functional groups attached to an aromatic ring is 1. The topological polar surface area (TPSA) is 96.5 Å². The summed E-state index contributed by atoms with van der Waals surface area (Å²) < 4.78 is 5.36. The van der Waals surface area contributed by atoms with Crippen molar-refractivity contribution in [2.24, 2.45) is 17.7 Å². The summed E-state index contributed by atoms with van der Waals surface area (Å²) in [7, 11) is 1.58. The van der Waals surface area contributed by atoms with Crippen LogP contribution in [0.2, 0.25) is 0 Å². The molecule has 2 heterocycles. The van der Waals surface area contributed by atoms with Gasteiger partial charge in [-0.2, -0.15) is 0 Å². The molecule has 19 heavy (non-hydrogen) atoms. The average Bonchev–Trinajstić information content (AvgIpc) is 3.00. The van der Waals surface area contributed by atoms with E-state index < -0.39 is 0 Å². The number of aliphatic hydroxyl groups is 1. The first-order valence-electron chi connectivity index (χ1n) is 6.53. The number of hydrogen-bond acceptors (Lipinski definition) is 7. The van der Waals surface area contributed by atoms with E-state index in [1.807, 2.05) is 0 Å². The first kappa shape index (κ1) is 12.4. The number of fused-ring (bicyclic) bond motifs is 1. The van der Waals surface area contributed by atoms with Crippen molar-refractivity contribution >= 4 is 11.6 Å². The Bertz CT molecular complexity index is 469. The second-order valence-corrected chi connectivity index (χ2v) is 5.20.